The van der Waals surface area contributed by atoms with Crippen molar-refractivity contribution in [2.45, 2.75) is 44.8 Å². The van der Waals surface area contributed by atoms with E-state index in [4.69, 9.17) is 9.47 Å². The lowest BCUT2D eigenvalue weighted by Gasteiger charge is -2.30. The highest BCUT2D eigenvalue weighted by Crippen LogP contribution is 2.45. The van der Waals surface area contributed by atoms with Crippen LogP contribution in [0.4, 0.5) is 4.39 Å². The number of rotatable bonds is 4. The highest BCUT2D eigenvalue weighted by atomic mass is 19.1. The molecule has 4 nitrogen and oxygen atoms in total. The molecule has 2 saturated heterocycles. The smallest absolute Gasteiger partial charge is 0.265 e. The number of hydrogen-bond donors (Lipinski definition) is 0. The number of nitrogens with zero attached hydrogens (tertiary/aromatic N) is 1. The van der Waals surface area contributed by atoms with Crippen molar-refractivity contribution in [1.29, 1.82) is 0 Å². The molecule has 0 N–H and O–H groups in total. The zero-order chi connectivity index (χ0) is 16.0. The lowest BCUT2D eigenvalue weighted by atomic mass is 9.90. The van der Waals surface area contributed by atoms with Gasteiger partial charge in [0, 0.05) is 5.92 Å². The van der Waals surface area contributed by atoms with Crippen LogP contribution >= 0.6 is 0 Å². The monoisotopic (exact) mass is 307 g/mol. The molecule has 2 fully saturated rings. The summed E-state index contributed by atoms with van der Waals surface area (Å²) in [6.07, 6.45) is 0. The van der Waals surface area contributed by atoms with Crippen LogP contribution in [0.25, 0.3) is 0 Å². The standard InChI is InChI=1S/C17H22FNO3/c1-12-14-10-22-16(2,3)19(14)15(20)17(12,18)11-21-9-13-7-5-4-6-8-13/h4-8,12,14H,9-11H2,1-3H3/t12-,14+,17-/m0/s1. The van der Waals surface area contributed by atoms with Crippen LogP contribution < -0.4 is 0 Å². The van der Waals surface area contributed by atoms with Crippen LogP contribution in [-0.2, 0) is 20.9 Å². The van der Waals surface area contributed by atoms with E-state index >= 15 is 4.39 Å². The molecule has 2 heterocycles. The molecule has 0 spiro atoms. The fourth-order valence-electron chi connectivity index (χ4n) is 3.38. The number of benzene rings is 1. The Morgan fingerprint density at radius 2 is 2.05 bits per heavy atom. The van der Waals surface area contributed by atoms with Gasteiger partial charge >= 0.3 is 0 Å². The van der Waals surface area contributed by atoms with Gasteiger partial charge in [-0.2, -0.15) is 0 Å². The van der Waals surface area contributed by atoms with E-state index in [0.717, 1.165) is 5.56 Å². The van der Waals surface area contributed by atoms with Gasteiger partial charge in [0.2, 0.25) is 5.67 Å². The second-order valence-electron chi connectivity index (χ2n) is 6.63. The molecule has 3 atom stereocenters. The number of hydrogen-bond acceptors (Lipinski definition) is 3. The van der Waals surface area contributed by atoms with Gasteiger partial charge in [0.15, 0.2) is 0 Å². The highest BCUT2D eigenvalue weighted by molar-refractivity contribution is 5.89. The molecule has 1 aromatic rings. The van der Waals surface area contributed by atoms with Gasteiger partial charge < -0.3 is 14.4 Å². The molecule has 1 amide bonds. The number of halogens is 1. The SMILES string of the molecule is C[C@H]1[C@H]2COC(C)(C)N2C(=O)[C@]1(F)COCc1ccccc1. The Hall–Kier alpha value is -1.46. The van der Waals surface area contributed by atoms with Crippen molar-refractivity contribution in [3.63, 3.8) is 0 Å². The van der Waals surface area contributed by atoms with Crippen molar-refractivity contribution in [2.75, 3.05) is 13.2 Å². The first kappa shape index (κ1) is 15.4. The number of carbonyl (C=O) groups excluding carboxylic acids is 1. The maximum atomic E-state index is 15.3. The summed E-state index contributed by atoms with van der Waals surface area (Å²) in [5, 5.41) is 0. The normalized spacial score (nSPS) is 33.3. The summed E-state index contributed by atoms with van der Waals surface area (Å²) in [7, 11) is 0. The number of ether oxygens (including phenoxy) is 2. The fraction of sp³-hybridized carbons (Fsp3) is 0.588. The molecule has 5 heteroatoms. The molecule has 1 aromatic carbocycles. The molecule has 0 aliphatic carbocycles. The van der Waals surface area contributed by atoms with Crippen molar-refractivity contribution in [3.8, 4) is 0 Å². The topological polar surface area (TPSA) is 38.8 Å². The summed E-state index contributed by atoms with van der Waals surface area (Å²) in [6, 6.07) is 9.35. The first-order valence-electron chi connectivity index (χ1n) is 7.64. The Morgan fingerprint density at radius 1 is 1.36 bits per heavy atom. The van der Waals surface area contributed by atoms with Crippen LogP contribution in [0.1, 0.15) is 26.3 Å². The van der Waals surface area contributed by atoms with E-state index in [9.17, 15) is 4.79 Å². The van der Waals surface area contributed by atoms with E-state index in [1.54, 1.807) is 25.7 Å². The minimum atomic E-state index is -1.97. The summed E-state index contributed by atoms with van der Waals surface area (Å²) < 4.78 is 26.4. The van der Waals surface area contributed by atoms with Gasteiger partial charge in [0.05, 0.1) is 25.9 Å². The van der Waals surface area contributed by atoms with Crippen molar-refractivity contribution in [1.82, 2.24) is 4.90 Å². The Morgan fingerprint density at radius 3 is 2.68 bits per heavy atom. The second-order valence-corrected chi connectivity index (χ2v) is 6.63. The number of amides is 1. The van der Waals surface area contributed by atoms with Gasteiger partial charge in [0.1, 0.15) is 5.72 Å². The Bertz CT molecular complexity index is 562. The summed E-state index contributed by atoms with van der Waals surface area (Å²) in [5.74, 6) is -0.960. The molecule has 0 saturated carbocycles. The number of carbonyl (C=O) groups is 1. The first-order chi connectivity index (χ1) is 10.4. The summed E-state index contributed by atoms with van der Waals surface area (Å²) in [5.41, 5.74) is -1.75. The molecule has 2 aliphatic rings. The number of fused-ring (bicyclic) bond motifs is 1. The Kier molecular flexibility index (Phi) is 3.73. The van der Waals surface area contributed by atoms with Crippen LogP contribution in [0, 0.1) is 5.92 Å². The van der Waals surface area contributed by atoms with Crippen molar-refractivity contribution < 1.29 is 18.7 Å². The van der Waals surface area contributed by atoms with Crippen LogP contribution in [0.2, 0.25) is 0 Å². The van der Waals surface area contributed by atoms with E-state index in [1.807, 2.05) is 30.3 Å². The minimum Gasteiger partial charge on any atom is -0.373 e. The summed E-state index contributed by atoms with van der Waals surface area (Å²) >= 11 is 0. The van der Waals surface area contributed by atoms with Crippen molar-refractivity contribution >= 4 is 5.91 Å². The van der Waals surface area contributed by atoms with E-state index in [2.05, 4.69) is 0 Å². The Labute approximate surface area is 130 Å². The minimum absolute atomic E-state index is 0.215. The number of alkyl halides is 1. The Balaban J connectivity index is 1.69. The van der Waals surface area contributed by atoms with Crippen molar-refractivity contribution in [3.05, 3.63) is 35.9 Å². The highest BCUT2D eigenvalue weighted by Gasteiger charge is 2.64. The van der Waals surface area contributed by atoms with E-state index in [1.165, 1.54) is 0 Å². The molecule has 22 heavy (non-hydrogen) atoms. The van der Waals surface area contributed by atoms with Gasteiger partial charge in [0.25, 0.3) is 5.91 Å². The average molecular weight is 307 g/mol. The molecule has 0 bridgehead atoms. The predicted molar refractivity (Wildman–Crippen MR) is 79.8 cm³/mol. The van der Waals surface area contributed by atoms with E-state index < -0.39 is 23.2 Å². The van der Waals surface area contributed by atoms with Gasteiger partial charge in [-0.05, 0) is 19.4 Å². The quantitative estimate of drug-likeness (QED) is 0.858. The van der Waals surface area contributed by atoms with Gasteiger partial charge in [-0.15, -0.1) is 0 Å². The molecule has 0 aromatic heterocycles. The zero-order valence-electron chi connectivity index (χ0n) is 13.2. The molecule has 3 rings (SSSR count). The summed E-state index contributed by atoms with van der Waals surface area (Å²) in [6.45, 7) is 5.83. The fourth-order valence-corrected chi connectivity index (χ4v) is 3.38. The third kappa shape index (κ3) is 2.32. The molecule has 2 aliphatic heterocycles. The van der Waals surface area contributed by atoms with Crippen LogP contribution in [0.15, 0.2) is 30.3 Å². The lowest BCUT2D eigenvalue weighted by Crippen LogP contribution is -2.49. The second kappa shape index (κ2) is 5.32. The van der Waals surface area contributed by atoms with Gasteiger partial charge in [-0.3, -0.25) is 4.79 Å². The maximum absolute atomic E-state index is 15.3. The van der Waals surface area contributed by atoms with Crippen LogP contribution in [0.5, 0.6) is 0 Å². The molecule has 0 radical (unpaired) electrons. The largest absolute Gasteiger partial charge is 0.373 e. The molecule has 120 valence electrons. The molecule has 0 unspecified atom stereocenters. The summed E-state index contributed by atoms with van der Waals surface area (Å²) in [4.78, 5) is 14.1. The van der Waals surface area contributed by atoms with Crippen LogP contribution in [-0.4, -0.2) is 41.5 Å². The average Bonchev–Trinajstić information content (AvgIpc) is 2.90. The van der Waals surface area contributed by atoms with E-state index in [-0.39, 0.29) is 12.6 Å². The third-order valence-corrected chi connectivity index (χ3v) is 4.82. The van der Waals surface area contributed by atoms with Crippen LogP contribution in [0.3, 0.4) is 0 Å². The van der Waals surface area contributed by atoms with Gasteiger partial charge in [-0.25, -0.2) is 4.39 Å². The zero-order valence-corrected chi connectivity index (χ0v) is 13.2. The molecular weight excluding hydrogens is 285 g/mol. The maximum Gasteiger partial charge on any atom is 0.265 e. The van der Waals surface area contributed by atoms with E-state index in [0.29, 0.717) is 13.2 Å². The van der Waals surface area contributed by atoms with Crippen molar-refractivity contribution in [2.24, 2.45) is 5.92 Å². The molecular formula is C17H22FNO3. The third-order valence-electron chi connectivity index (χ3n) is 4.82. The first-order valence-corrected chi connectivity index (χ1v) is 7.64. The lowest BCUT2D eigenvalue weighted by molar-refractivity contribution is -0.156. The predicted octanol–water partition coefficient (Wildman–Crippen LogP) is 2.52. The van der Waals surface area contributed by atoms with Gasteiger partial charge in [-0.1, -0.05) is 37.3 Å².